The first kappa shape index (κ1) is 23.0. The van der Waals surface area contributed by atoms with Gasteiger partial charge in [0, 0.05) is 5.69 Å². The minimum absolute atomic E-state index is 0.141. The van der Waals surface area contributed by atoms with Crippen molar-refractivity contribution in [1.82, 2.24) is 15.1 Å². The molecule has 174 valence electrons. The van der Waals surface area contributed by atoms with Gasteiger partial charge in [0.15, 0.2) is 5.01 Å². The van der Waals surface area contributed by atoms with Gasteiger partial charge in [-0.3, -0.25) is 19.3 Å². The molecule has 1 aliphatic carbocycles. The fourth-order valence-electron chi connectivity index (χ4n) is 4.34. The zero-order valence-electron chi connectivity index (χ0n) is 18.6. The van der Waals surface area contributed by atoms with Crippen LogP contribution < -0.4 is 5.32 Å². The molecule has 2 aromatic rings. The van der Waals surface area contributed by atoms with Gasteiger partial charge in [0.25, 0.3) is 5.91 Å². The van der Waals surface area contributed by atoms with Crippen molar-refractivity contribution in [2.45, 2.75) is 58.6 Å². The number of aryl methyl sites for hydroxylation is 1. The summed E-state index contributed by atoms with van der Waals surface area (Å²) in [5, 5.41) is 11.0. The average molecular weight is 471 g/mol. The lowest BCUT2D eigenvalue weighted by atomic mass is 9.81. The third kappa shape index (κ3) is 4.80. The maximum absolute atomic E-state index is 12.7. The molecule has 1 N–H and O–H groups in total. The minimum Gasteiger partial charge on any atom is -0.457 e. The zero-order chi connectivity index (χ0) is 23.5. The van der Waals surface area contributed by atoms with E-state index in [1.54, 1.807) is 0 Å². The number of esters is 1. The smallest absolute Gasteiger partial charge is 0.329 e. The number of amides is 3. The number of nitrogens with one attached hydrogen (secondary N) is 1. The number of benzene rings is 1. The molecular weight excluding hydrogens is 444 g/mol. The van der Waals surface area contributed by atoms with Gasteiger partial charge in [-0.25, -0.2) is 4.79 Å². The monoisotopic (exact) mass is 470 g/mol. The van der Waals surface area contributed by atoms with Crippen molar-refractivity contribution in [3.05, 3.63) is 39.8 Å². The highest BCUT2D eigenvalue weighted by atomic mass is 32.1. The number of carbonyl (C=O) groups is 4. The van der Waals surface area contributed by atoms with Crippen LogP contribution >= 0.6 is 11.3 Å². The predicted octanol–water partition coefficient (Wildman–Crippen LogP) is 2.96. The molecule has 0 bridgehead atoms. The van der Waals surface area contributed by atoms with Crippen LogP contribution in [0.5, 0.6) is 0 Å². The van der Waals surface area contributed by atoms with Gasteiger partial charge in [-0.05, 0) is 43.9 Å². The van der Waals surface area contributed by atoms with Gasteiger partial charge in [-0.1, -0.05) is 43.2 Å². The Kier molecular flexibility index (Phi) is 6.83. The summed E-state index contributed by atoms with van der Waals surface area (Å²) in [6.07, 6.45) is 4.12. The fraction of sp³-hybridized carbons (Fsp3) is 0.478. The van der Waals surface area contributed by atoms with Crippen molar-refractivity contribution in [2.24, 2.45) is 11.8 Å². The van der Waals surface area contributed by atoms with E-state index in [9.17, 15) is 19.2 Å². The van der Waals surface area contributed by atoms with Crippen molar-refractivity contribution in [3.63, 3.8) is 0 Å². The first-order valence-electron chi connectivity index (χ1n) is 11.1. The number of ether oxygens (including phenoxy) is 1. The molecule has 2 heterocycles. The molecule has 33 heavy (non-hydrogen) atoms. The van der Waals surface area contributed by atoms with E-state index in [0.29, 0.717) is 23.5 Å². The van der Waals surface area contributed by atoms with Crippen LogP contribution in [-0.4, -0.2) is 44.8 Å². The molecule has 2 unspecified atom stereocenters. The summed E-state index contributed by atoms with van der Waals surface area (Å²) in [5.74, 6) is -2.29. The number of hydrogen-bond donors (Lipinski definition) is 1. The summed E-state index contributed by atoms with van der Waals surface area (Å²) in [5.41, 5.74) is 1.81. The van der Waals surface area contributed by atoms with Crippen LogP contribution in [0.4, 0.5) is 5.69 Å². The molecule has 0 spiro atoms. The van der Waals surface area contributed by atoms with Crippen LogP contribution in [0.15, 0.2) is 24.3 Å². The highest BCUT2D eigenvalue weighted by Crippen LogP contribution is 2.39. The largest absolute Gasteiger partial charge is 0.457 e. The van der Waals surface area contributed by atoms with Crippen LogP contribution in [0.1, 0.15) is 59.9 Å². The number of anilines is 1. The Labute approximate surface area is 195 Å². The standard InChI is InChI=1S/C23H26N4O5S/c1-3-14-8-10-15(11-9-14)24-19(28)20-26-25-18(33-20)12-32-23(31)13(2)27-21(29)16-6-4-5-7-17(16)22(27)30/h8-11,13,16-17H,3-7,12H2,1-2H3,(H,24,28)/t13-,16?,17?/m0/s1. The zero-order valence-corrected chi connectivity index (χ0v) is 19.4. The summed E-state index contributed by atoms with van der Waals surface area (Å²) in [4.78, 5) is 51.3. The number of nitrogens with zero attached hydrogens (tertiary/aromatic N) is 3. The first-order chi connectivity index (χ1) is 15.9. The molecule has 3 atom stereocenters. The summed E-state index contributed by atoms with van der Waals surface area (Å²) in [7, 11) is 0. The Morgan fingerprint density at radius 1 is 1.12 bits per heavy atom. The third-order valence-electron chi connectivity index (χ3n) is 6.22. The topological polar surface area (TPSA) is 119 Å². The lowest BCUT2D eigenvalue weighted by Gasteiger charge is -2.21. The van der Waals surface area contributed by atoms with Crippen LogP contribution in [-0.2, 0) is 32.1 Å². The van der Waals surface area contributed by atoms with Crippen molar-refractivity contribution in [2.75, 3.05) is 5.32 Å². The summed E-state index contributed by atoms with van der Waals surface area (Å²) in [6.45, 7) is 3.36. The van der Waals surface area contributed by atoms with E-state index in [-0.39, 0.29) is 35.3 Å². The number of imide groups is 1. The number of aromatic nitrogens is 2. The van der Waals surface area contributed by atoms with E-state index in [2.05, 4.69) is 22.4 Å². The molecule has 1 aliphatic heterocycles. The fourth-order valence-corrected chi connectivity index (χ4v) is 4.99. The van der Waals surface area contributed by atoms with Gasteiger partial charge in [0.1, 0.15) is 12.6 Å². The van der Waals surface area contributed by atoms with E-state index in [1.165, 1.54) is 12.5 Å². The minimum atomic E-state index is -1.00. The summed E-state index contributed by atoms with van der Waals surface area (Å²) in [6, 6.07) is 6.51. The Balaban J connectivity index is 1.32. The number of carbonyl (C=O) groups excluding carboxylic acids is 4. The van der Waals surface area contributed by atoms with Gasteiger partial charge in [-0.2, -0.15) is 0 Å². The molecule has 2 aliphatic rings. The Bertz CT molecular complexity index is 1040. The van der Waals surface area contributed by atoms with Crippen LogP contribution in [0.3, 0.4) is 0 Å². The lowest BCUT2D eigenvalue weighted by molar-refractivity contribution is -0.159. The van der Waals surface area contributed by atoms with Crippen LogP contribution in [0.2, 0.25) is 0 Å². The van der Waals surface area contributed by atoms with Gasteiger partial charge in [0.2, 0.25) is 16.8 Å². The molecule has 10 heteroatoms. The SMILES string of the molecule is CCc1ccc(NC(=O)c2nnc(COC(=O)[C@H](C)N3C(=O)C4CCCCC4C3=O)s2)cc1. The Hall–Kier alpha value is -3.14. The van der Waals surface area contributed by atoms with E-state index in [1.807, 2.05) is 24.3 Å². The molecule has 4 rings (SSSR count). The van der Waals surface area contributed by atoms with Gasteiger partial charge in [-0.15, -0.1) is 10.2 Å². The van der Waals surface area contributed by atoms with Gasteiger partial charge in [0.05, 0.1) is 11.8 Å². The molecule has 1 saturated carbocycles. The van der Waals surface area contributed by atoms with E-state index >= 15 is 0 Å². The van der Waals surface area contributed by atoms with Crippen LogP contribution in [0.25, 0.3) is 0 Å². The molecule has 9 nitrogen and oxygen atoms in total. The van der Waals surface area contributed by atoms with Crippen molar-refractivity contribution in [1.29, 1.82) is 0 Å². The van der Waals surface area contributed by atoms with Crippen LogP contribution in [0, 0.1) is 11.8 Å². The third-order valence-corrected chi connectivity index (χ3v) is 7.12. The van der Waals surface area contributed by atoms with E-state index in [0.717, 1.165) is 35.5 Å². The second-order valence-corrected chi connectivity index (χ2v) is 9.40. The molecular formula is C23H26N4O5S. The molecule has 1 aromatic carbocycles. The number of hydrogen-bond acceptors (Lipinski definition) is 8. The molecule has 0 radical (unpaired) electrons. The highest BCUT2D eigenvalue weighted by molar-refractivity contribution is 7.13. The Morgan fingerprint density at radius 2 is 1.76 bits per heavy atom. The van der Waals surface area contributed by atoms with Gasteiger partial charge >= 0.3 is 5.97 Å². The highest BCUT2D eigenvalue weighted by Gasteiger charge is 2.51. The number of likely N-dealkylation sites (tertiary alicyclic amines) is 1. The Morgan fingerprint density at radius 3 is 2.36 bits per heavy atom. The maximum atomic E-state index is 12.7. The molecule has 1 saturated heterocycles. The molecule has 3 amide bonds. The molecule has 2 fully saturated rings. The molecule has 1 aromatic heterocycles. The van der Waals surface area contributed by atoms with Gasteiger partial charge < -0.3 is 10.1 Å². The second kappa shape index (κ2) is 9.78. The van der Waals surface area contributed by atoms with E-state index in [4.69, 9.17) is 4.74 Å². The lowest BCUT2D eigenvalue weighted by Crippen LogP contribution is -2.44. The maximum Gasteiger partial charge on any atom is 0.329 e. The second-order valence-electron chi connectivity index (χ2n) is 8.33. The predicted molar refractivity (Wildman–Crippen MR) is 120 cm³/mol. The van der Waals surface area contributed by atoms with Crippen molar-refractivity contribution < 1.29 is 23.9 Å². The summed E-state index contributed by atoms with van der Waals surface area (Å²) < 4.78 is 5.28. The first-order valence-corrected chi connectivity index (χ1v) is 12.0. The van der Waals surface area contributed by atoms with Crippen molar-refractivity contribution >= 4 is 40.7 Å². The van der Waals surface area contributed by atoms with Crippen molar-refractivity contribution in [3.8, 4) is 0 Å². The number of rotatable bonds is 7. The normalized spacial score (nSPS) is 21.0. The average Bonchev–Trinajstić information content (AvgIpc) is 3.41. The number of fused-ring (bicyclic) bond motifs is 1. The summed E-state index contributed by atoms with van der Waals surface area (Å²) >= 11 is 1.01. The quantitative estimate of drug-likeness (QED) is 0.488. The van der Waals surface area contributed by atoms with E-state index < -0.39 is 17.9 Å².